The van der Waals surface area contributed by atoms with E-state index in [1.807, 2.05) is 31.5 Å². The lowest BCUT2D eigenvalue weighted by Gasteiger charge is -2.36. The topological polar surface area (TPSA) is 84.0 Å². The Labute approximate surface area is 208 Å². The molecule has 8 nitrogen and oxygen atoms in total. The summed E-state index contributed by atoms with van der Waals surface area (Å²) in [5.41, 5.74) is 2.20. The van der Waals surface area contributed by atoms with Gasteiger partial charge in [-0.1, -0.05) is 13.8 Å². The smallest absolute Gasteiger partial charge is 0.257 e. The lowest BCUT2D eigenvalue weighted by atomic mass is 10.0. The minimum absolute atomic E-state index is 0.0732. The number of anilines is 1. The van der Waals surface area contributed by atoms with Gasteiger partial charge >= 0.3 is 0 Å². The summed E-state index contributed by atoms with van der Waals surface area (Å²) in [5, 5.41) is 2.88. The van der Waals surface area contributed by atoms with Crippen molar-refractivity contribution in [3.8, 4) is 5.75 Å². The SMILES string of the molecule is CCCC(=O)Nc1ccc2c(c1)C(=O)N(C)C[C@@H](OC)[C@@H](C)CN(Cc1ccncc1)[C@H](C)CO2. The van der Waals surface area contributed by atoms with E-state index in [1.54, 1.807) is 37.3 Å². The first-order valence-electron chi connectivity index (χ1n) is 12.3. The normalized spacial score (nSPS) is 21.9. The molecule has 2 amide bonds. The van der Waals surface area contributed by atoms with Gasteiger partial charge in [0.2, 0.25) is 5.91 Å². The van der Waals surface area contributed by atoms with E-state index in [4.69, 9.17) is 9.47 Å². The van der Waals surface area contributed by atoms with Crippen LogP contribution in [0, 0.1) is 5.92 Å². The number of pyridine rings is 1. The lowest BCUT2D eigenvalue weighted by Crippen LogP contribution is -2.46. The molecule has 190 valence electrons. The third kappa shape index (κ3) is 7.26. The summed E-state index contributed by atoms with van der Waals surface area (Å²) in [4.78, 5) is 33.7. The second kappa shape index (κ2) is 12.7. The van der Waals surface area contributed by atoms with Crippen molar-refractivity contribution >= 4 is 17.5 Å². The Morgan fingerprint density at radius 3 is 2.63 bits per heavy atom. The number of hydrogen-bond donors (Lipinski definition) is 1. The van der Waals surface area contributed by atoms with Crippen molar-refractivity contribution in [1.82, 2.24) is 14.8 Å². The Bertz CT molecular complexity index is 984. The number of carbonyl (C=O) groups excluding carboxylic acids is 2. The molecule has 8 heteroatoms. The highest BCUT2D eigenvalue weighted by Gasteiger charge is 2.28. The van der Waals surface area contributed by atoms with Crippen molar-refractivity contribution in [2.24, 2.45) is 5.92 Å². The molecule has 0 radical (unpaired) electrons. The fourth-order valence-corrected chi connectivity index (χ4v) is 4.32. The van der Waals surface area contributed by atoms with Crippen LogP contribution in [-0.4, -0.2) is 72.6 Å². The Hall–Kier alpha value is -2.97. The van der Waals surface area contributed by atoms with Gasteiger partial charge in [-0.25, -0.2) is 0 Å². The Morgan fingerprint density at radius 2 is 1.94 bits per heavy atom. The minimum atomic E-state index is -0.164. The predicted molar refractivity (Wildman–Crippen MR) is 137 cm³/mol. The number of methoxy groups -OCH3 is 1. The molecule has 0 bridgehead atoms. The van der Waals surface area contributed by atoms with Crippen LogP contribution in [0.3, 0.4) is 0 Å². The van der Waals surface area contributed by atoms with Crippen LogP contribution < -0.4 is 10.1 Å². The van der Waals surface area contributed by atoms with E-state index in [2.05, 4.69) is 29.0 Å². The zero-order chi connectivity index (χ0) is 25.4. The highest BCUT2D eigenvalue weighted by atomic mass is 16.5. The average Bonchev–Trinajstić information content (AvgIpc) is 2.85. The van der Waals surface area contributed by atoms with E-state index in [0.29, 0.717) is 36.6 Å². The molecule has 1 aromatic carbocycles. The molecule has 0 unspecified atom stereocenters. The van der Waals surface area contributed by atoms with Crippen molar-refractivity contribution in [1.29, 1.82) is 0 Å². The average molecular weight is 483 g/mol. The molecule has 0 aliphatic carbocycles. The first kappa shape index (κ1) is 26.6. The highest BCUT2D eigenvalue weighted by Crippen LogP contribution is 2.27. The number of rotatable bonds is 6. The number of amides is 2. The molecular formula is C27H38N4O4. The van der Waals surface area contributed by atoms with Crippen LogP contribution in [0.2, 0.25) is 0 Å². The number of aromatic nitrogens is 1. The second-order valence-corrected chi connectivity index (χ2v) is 9.39. The number of carbonyl (C=O) groups is 2. The summed E-state index contributed by atoms with van der Waals surface area (Å²) in [5.74, 6) is 0.449. The Kier molecular flexibility index (Phi) is 9.63. The van der Waals surface area contributed by atoms with Gasteiger partial charge < -0.3 is 19.7 Å². The number of likely N-dealkylation sites (N-methyl/N-ethyl adjacent to an activating group) is 1. The summed E-state index contributed by atoms with van der Waals surface area (Å²) in [6, 6.07) is 9.40. The van der Waals surface area contributed by atoms with Gasteiger partial charge in [0.15, 0.2) is 0 Å². The molecule has 0 saturated heterocycles. The van der Waals surface area contributed by atoms with Crippen molar-refractivity contribution in [2.75, 3.05) is 39.2 Å². The summed E-state index contributed by atoms with van der Waals surface area (Å²) in [6.45, 7) is 8.66. The maximum atomic E-state index is 13.4. The van der Waals surface area contributed by atoms with Crippen LogP contribution in [0.25, 0.3) is 0 Å². The van der Waals surface area contributed by atoms with E-state index < -0.39 is 0 Å². The number of nitrogens with zero attached hydrogens (tertiary/aromatic N) is 3. The molecule has 3 rings (SSSR count). The number of benzene rings is 1. The number of ether oxygens (including phenoxy) is 2. The molecule has 35 heavy (non-hydrogen) atoms. The molecule has 1 aliphatic rings. The van der Waals surface area contributed by atoms with Crippen LogP contribution in [0.1, 0.15) is 49.5 Å². The standard InChI is InChI=1S/C27H38N4O4/c1-6-7-26(32)29-22-8-9-24-23(14-22)27(33)30(4)17-25(34-5)19(2)15-31(20(3)18-35-24)16-21-10-12-28-13-11-21/h8-14,19-20,25H,6-7,15-18H2,1-5H3,(H,29,32)/t19-,20+,25+/m0/s1. The summed E-state index contributed by atoms with van der Waals surface area (Å²) < 4.78 is 12.0. The fraction of sp³-hybridized carbons (Fsp3) is 0.519. The van der Waals surface area contributed by atoms with Gasteiger partial charge in [-0.2, -0.15) is 0 Å². The molecule has 0 spiro atoms. The van der Waals surface area contributed by atoms with Crippen LogP contribution >= 0.6 is 0 Å². The molecule has 1 aliphatic heterocycles. The van der Waals surface area contributed by atoms with E-state index in [1.165, 1.54) is 5.56 Å². The van der Waals surface area contributed by atoms with Gasteiger partial charge in [-0.05, 0) is 55.2 Å². The molecule has 2 heterocycles. The molecule has 2 aromatic rings. The largest absolute Gasteiger partial charge is 0.491 e. The molecule has 1 aromatic heterocycles. The molecule has 3 atom stereocenters. The van der Waals surface area contributed by atoms with Gasteiger partial charge in [0.25, 0.3) is 5.91 Å². The van der Waals surface area contributed by atoms with Gasteiger partial charge in [-0.15, -0.1) is 0 Å². The van der Waals surface area contributed by atoms with E-state index in [-0.39, 0.29) is 29.9 Å². The predicted octanol–water partition coefficient (Wildman–Crippen LogP) is 3.83. The molecule has 0 saturated carbocycles. The van der Waals surface area contributed by atoms with Gasteiger partial charge in [0, 0.05) is 64.3 Å². The zero-order valence-corrected chi connectivity index (χ0v) is 21.5. The third-order valence-corrected chi connectivity index (χ3v) is 6.47. The molecule has 1 N–H and O–H groups in total. The van der Waals surface area contributed by atoms with Gasteiger partial charge in [0.1, 0.15) is 12.4 Å². The van der Waals surface area contributed by atoms with Gasteiger partial charge in [0.05, 0.1) is 11.7 Å². The number of hydrogen-bond acceptors (Lipinski definition) is 6. The van der Waals surface area contributed by atoms with Crippen molar-refractivity contribution in [3.05, 3.63) is 53.9 Å². The summed E-state index contributed by atoms with van der Waals surface area (Å²) >= 11 is 0. The van der Waals surface area contributed by atoms with E-state index in [9.17, 15) is 9.59 Å². The minimum Gasteiger partial charge on any atom is -0.491 e. The highest BCUT2D eigenvalue weighted by molar-refractivity contribution is 5.99. The van der Waals surface area contributed by atoms with Crippen molar-refractivity contribution < 1.29 is 19.1 Å². The van der Waals surface area contributed by atoms with Crippen LogP contribution in [0.5, 0.6) is 5.75 Å². The van der Waals surface area contributed by atoms with Crippen LogP contribution in [0.4, 0.5) is 5.69 Å². The lowest BCUT2D eigenvalue weighted by molar-refractivity contribution is -0.116. The van der Waals surface area contributed by atoms with Crippen molar-refractivity contribution in [2.45, 2.75) is 52.3 Å². The number of fused-ring (bicyclic) bond motifs is 1. The third-order valence-electron chi connectivity index (χ3n) is 6.47. The van der Waals surface area contributed by atoms with E-state index in [0.717, 1.165) is 19.5 Å². The van der Waals surface area contributed by atoms with Crippen molar-refractivity contribution in [3.63, 3.8) is 0 Å². The van der Waals surface area contributed by atoms with E-state index >= 15 is 0 Å². The van der Waals surface area contributed by atoms with Gasteiger partial charge in [-0.3, -0.25) is 19.5 Å². The fourth-order valence-electron chi connectivity index (χ4n) is 4.32. The second-order valence-electron chi connectivity index (χ2n) is 9.39. The monoisotopic (exact) mass is 482 g/mol. The van der Waals surface area contributed by atoms with Crippen LogP contribution in [-0.2, 0) is 16.1 Å². The zero-order valence-electron chi connectivity index (χ0n) is 21.5. The maximum Gasteiger partial charge on any atom is 0.257 e. The Balaban J connectivity index is 1.92. The quantitative estimate of drug-likeness (QED) is 0.674. The first-order chi connectivity index (χ1) is 16.8. The molecular weight excluding hydrogens is 444 g/mol. The summed E-state index contributed by atoms with van der Waals surface area (Å²) in [7, 11) is 3.47. The maximum absolute atomic E-state index is 13.4. The number of nitrogens with one attached hydrogen (secondary N) is 1. The first-order valence-corrected chi connectivity index (χ1v) is 12.3. The summed E-state index contributed by atoms with van der Waals surface area (Å²) in [6.07, 6.45) is 4.67. The molecule has 0 fully saturated rings. The Morgan fingerprint density at radius 1 is 1.20 bits per heavy atom. The van der Waals surface area contributed by atoms with Crippen LogP contribution in [0.15, 0.2) is 42.7 Å².